The third kappa shape index (κ3) is 3.92. The first-order chi connectivity index (χ1) is 12.1. The van der Waals surface area contributed by atoms with Crippen molar-refractivity contribution in [1.82, 2.24) is 5.32 Å². The van der Waals surface area contributed by atoms with E-state index in [0.29, 0.717) is 5.69 Å². The summed E-state index contributed by atoms with van der Waals surface area (Å²) in [6, 6.07) is 16.8. The van der Waals surface area contributed by atoms with Crippen LogP contribution in [-0.4, -0.2) is 16.9 Å². The number of nitrogens with one attached hydrogen (secondary N) is 1. The van der Waals surface area contributed by atoms with Crippen LogP contribution in [0.25, 0.3) is 6.08 Å². The van der Waals surface area contributed by atoms with E-state index in [-0.39, 0.29) is 10.7 Å². The fraction of sp³-hybridized carbons (Fsp3) is 0. The Balaban J connectivity index is 1.90. The van der Waals surface area contributed by atoms with Crippen LogP contribution in [0.2, 0.25) is 0 Å². The zero-order chi connectivity index (χ0) is 17.8. The molecular formula is C19H13BrN2O2S. The highest BCUT2D eigenvalue weighted by molar-refractivity contribution is 9.10. The predicted molar refractivity (Wildman–Crippen MR) is 106 cm³/mol. The molecule has 0 bridgehead atoms. The molecule has 1 aliphatic rings. The number of amides is 2. The average Bonchev–Trinajstić information content (AvgIpc) is 2.58. The molecule has 1 fully saturated rings. The zero-order valence-electron chi connectivity index (χ0n) is 13.0. The monoisotopic (exact) mass is 412 g/mol. The van der Waals surface area contributed by atoms with Crippen molar-refractivity contribution in [3.05, 3.63) is 82.4 Å². The van der Waals surface area contributed by atoms with Gasteiger partial charge in [-0.15, -0.1) is 0 Å². The third-order valence-corrected chi connectivity index (χ3v) is 4.30. The Morgan fingerprint density at radius 1 is 1.04 bits per heavy atom. The molecule has 1 N–H and O–H groups in total. The molecule has 2 aromatic carbocycles. The molecule has 25 heavy (non-hydrogen) atoms. The second kappa shape index (κ2) is 7.55. The number of allylic oxidation sites excluding steroid dienone is 2. The first kappa shape index (κ1) is 17.3. The fourth-order valence-electron chi connectivity index (χ4n) is 2.35. The Kier molecular flexibility index (Phi) is 5.21. The van der Waals surface area contributed by atoms with Crippen molar-refractivity contribution in [2.24, 2.45) is 0 Å². The highest BCUT2D eigenvalue weighted by atomic mass is 79.9. The van der Waals surface area contributed by atoms with Gasteiger partial charge in [0.25, 0.3) is 11.8 Å². The molecule has 2 aromatic rings. The van der Waals surface area contributed by atoms with Crippen LogP contribution in [0.5, 0.6) is 0 Å². The number of carbonyl (C=O) groups is 2. The maximum Gasteiger partial charge on any atom is 0.270 e. The topological polar surface area (TPSA) is 49.4 Å². The molecule has 1 saturated heterocycles. The van der Waals surface area contributed by atoms with Gasteiger partial charge in [0, 0.05) is 4.47 Å². The average molecular weight is 413 g/mol. The minimum absolute atomic E-state index is 0.0285. The molecule has 124 valence electrons. The number of anilines is 1. The lowest BCUT2D eigenvalue weighted by molar-refractivity contribution is -0.122. The summed E-state index contributed by atoms with van der Waals surface area (Å²) < 4.78 is 0.812. The first-order valence-electron chi connectivity index (χ1n) is 7.45. The lowest BCUT2D eigenvalue weighted by Crippen LogP contribution is -2.54. The van der Waals surface area contributed by atoms with Crippen LogP contribution in [-0.2, 0) is 9.59 Å². The van der Waals surface area contributed by atoms with Gasteiger partial charge in [-0.2, -0.15) is 0 Å². The summed E-state index contributed by atoms with van der Waals surface area (Å²) >= 11 is 8.53. The van der Waals surface area contributed by atoms with Crippen molar-refractivity contribution < 1.29 is 9.59 Å². The summed E-state index contributed by atoms with van der Waals surface area (Å²) in [5, 5.41) is 2.62. The van der Waals surface area contributed by atoms with Crippen molar-refractivity contribution in [1.29, 1.82) is 0 Å². The van der Waals surface area contributed by atoms with E-state index in [1.165, 1.54) is 11.0 Å². The molecule has 2 amide bonds. The summed E-state index contributed by atoms with van der Waals surface area (Å²) in [6.45, 7) is 0. The Bertz CT molecular complexity index is 907. The Labute approximate surface area is 159 Å². The number of hydrogen-bond donors (Lipinski definition) is 1. The molecular weight excluding hydrogens is 400 g/mol. The number of halogens is 1. The maximum atomic E-state index is 12.8. The maximum absolute atomic E-state index is 12.8. The summed E-state index contributed by atoms with van der Waals surface area (Å²) in [5.74, 6) is -0.955. The highest BCUT2D eigenvalue weighted by Crippen LogP contribution is 2.24. The molecule has 4 nitrogen and oxygen atoms in total. The summed E-state index contributed by atoms with van der Waals surface area (Å²) in [4.78, 5) is 26.2. The second-order valence-corrected chi connectivity index (χ2v) is 6.53. The van der Waals surface area contributed by atoms with Crippen LogP contribution in [0.1, 0.15) is 5.56 Å². The standard InChI is InChI=1S/C19H13BrN2O2S/c20-14-9-5-10-15(12-14)22-18(24)16(17(23)21-19(22)25)11-4-8-13-6-2-1-3-7-13/h1-12H,(H,21,23,25). The van der Waals surface area contributed by atoms with Gasteiger partial charge in [-0.25, -0.2) is 0 Å². The summed E-state index contributed by atoms with van der Waals surface area (Å²) in [7, 11) is 0. The van der Waals surface area contributed by atoms with Gasteiger partial charge >= 0.3 is 0 Å². The number of benzene rings is 2. The Morgan fingerprint density at radius 3 is 2.52 bits per heavy atom. The van der Waals surface area contributed by atoms with E-state index in [9.17, 15) is 9.59 Å². The summed E-state index contributed by atoms with van der Waals surface area (Å²) in [5.41, 5.74) is 1.59. The number of thiocarbonyl (C=S) groups is 1. The van der Waals surface area contributed by atoms with Crippen molar-refractivity contribution in [2.75, 3.05) is 4.90 Å². The minimum Gasteiger partial charge on any atom is -0.298 e. The van der Waals surface area contributed by atoms with Crippen LogP contribution in [0.4, 0.5) is 5.69 Å². The van der Waals surface area contributed by atoms with Crippen LogP contribution >= 0.6 is 28.1 Å². The van der Waals surface area contributed by atoms with E-state index < -0.39 is 11.8 Å². The molecule has 0 aliphatic carbocycles. The second-order valence-electron chi connectivity index (χ2n) is 5.23. The molecule has 0 spiro atoms. The molecule has 0 radical (unpaired) electrons. The largest absolute Gasteiger partial charge is 0.298 e. The highest BCUT2D eigenvalue weighted by Gasteiger charge is 2.34. The molecule has 1 aliphatic heterocycles. The van der Waals surface area contributed by atoms with Crippen LogP contribution in [0.15, 0.2) is 76.8 Å². The normalized spacial score (nSPS) is 16.6. The Hall–Kier alpha value is -2.57. The molecule has 1 heterocycles. The van der Waals surface area contributed by atoms with Gasteiger partial charge in [0.15, 0.2) is 5.11 Å². The van der Waals surface area contributed by atoms with E-state index >= 15 is 0 Å². The van der Waals surface area contributed by atoms with Crippen molar-refractivity contribution in [3.8, 4) is 0 Å². The first-order valence-corrected chi connectivity index (χ1v) is 8.65. The number of nitrogens with zero attached hydrogens (tertiary/aromatic N) is 1. The van der Waals surface area contributed by atoms with Crippen LogP contribution in [0, 0.1) is 0 Å². The van der Waals surface area contributed by atoms with Crippen molar-refractivity contribution in [3.63, 3.8) is 0 Å². The van der Waals surface area contributed by atoms with Gasteiger partial charge < -0.3 is 0 Å². The van der Waals surface area contributed by atoms with Gasteiger partial charge in [0.05, 0.1) is 5.69 Å². The molecule has 3 rings (SSSR count). The molecule has 0 saturated carbocycles. The lowest BCUT2D eigenvalue weighted by atomic mass is 10.1. The van der Waals surface area contributed by atoms with Gasteiger partial charge in [-0.3, -0.25) is 19.8 Å². The van der Waals surface area contributed by atoms with E-state index in [1.54, 1.807) is 24.3 Å². The van der Waals surface area contributed by atoms with Crippen molar-refractivity contribution in [2.45, 2.75) is 0 Å². The van der Waals surface area contributed by atoms with E-state index in [2.05, 4.69) is 21.2 Å². The zero-order valence-corrected chi connectivity index (χ0v) is 15.4. The van der Waals surface area contributed by atoms with E-state index in [4.69, 9.17) is 12.2 Å². The smallest absolute Gasteiger partial charge is 0.270 e. The van der Waals surface area contributed by atoms with Gasteiger partial charge in [-0.05, 0) is 42.1 Å². The SMILES string of the molecule is O=C1NC(=S)N(c2cccc(Br)c2)C(=O)C1=CC=Cc1ccccc1. The van der Waals surface area contributed by atoms with Crippen LogP contribution in [0.3, 0.4) is 0 Å². The van der Waals surface area contributed by atoms with E-state index in [0.717, 1.165) is 10.0 Å². The van der Waals surface area contributed by atoms with Crippen LogP contribution < -0.4 is 10.2 Å². The number of rotatable bonds is 3. The van der Waals surface area contributed by atoms with Gasteiger partial charge in [-0.1, -0.05) is 64.5 Å². The number of hydrogen-bond acceptors (Lipinski definition) is 3. The van der Waals surface area contributed by atoms with E-state index in [1.807, 2.05) is 42.5 Å². The van der Waals surface area contributed by atoms with Crippen molar-refractivity contribution >= 4 is 56.8 Å². The summed E-state index contributed by atoms with van der Waals surface area (Å²) in [6.07, 6.45) is 5.00. The fourth-order valence-corrected chi connectivity index (χ4v) is 3.01. The Morgan fingerprint density at radius 2 is 1.80 bits per heavy atom. The lowest BCUT2D eigenvalue weighted by Gasteiger charge is -2.28. The molecule has 0 aromatic heterocycles. The third-order valence-electron chi connectivity index (χ3n) is 3.52. The molecule has 0 atom stereocenters. The minimum atomic E-state index is -0.501. The predicted octanol–water partition coefficient (Wildman–Crippen LogP) is 3.84. The quantitative estimate of drug-likeness (QED) is 0.473. The molecule has 6 heteroatoms. The molecule has 0 unspecified atom stereocenters. The number of carbonyl (C=O) groups excluding carboxylic acids is 2. The van der Waals surface area contributed by atoms with Gasteiger partial charge in [0.2, 0.25) is 0 Å². The van der Waals surface area contributed by atoms with Gasteiger partial charge in [0.1, 0.15) is 5.57 Å².